The highest BCUT2D eigenvalue weighted by Gasteiger charge is 2.21. The average Bonchev–Trinajstić information content (AvgIpc) is 3.13. The Balaban J connectivity index is 1.60. The molecule has 2 aromatic heterocycles. The van der Waals surface area contributed by atoms with Crippen molar-refractivity contribution in [3.8, 4) is 0 Å². The molecule has 0 atom stereocenters. The predicted octanol–water partition coefficient (Wildman–Crippen LogP) is 3.70. The maximum Gasteiger partial charge on any atom is 0.305 e. The predicted molar refractivity (Wildman–Crippen MR) is 123 cm³/mol. The number of amides is 1. The van der Waals surface area contributed by atoms with Crippen molar-refractivity contribution < 1.29 is 14.7 Å². The van der Waals surface area contributed by atoms with Crippen LogP contribution >= 0.6 is 0 Å². The minimum atomic E-state index is -0.977. The van der Waals surface area contributed by atoms with Crippen molar-refractivity contribution in [2.45, 2.75) is 13.0 Å². The van der Waals surface area contributed by atoms with Crippen LogP contribution in [0.2, 0.25) is 0 Å². The molecular weight excluding hydrogens is 406 g/mol. The first-order valence-electron chi connectivity index (χ1n) is 10.2. The fourth-order valence-electron chi connectivity index (χ4n) is 3.47. The molecule has 2 heterocycles. The minimum Gasteiger partial charge on any atom is -0.481 e. The number of aromatic nitrogens is 3. The van der Waals surface area contributed by atoms with E-state index in [1.54, 1.807) is 36.5 Å². The first-order chi connectivity index (χ1) is 15.5. The van der Waals surface area contributed by atoms with E-state index in [-0.39, 0.29) is 18.9 Å². The molecule has 8 nitrogen and oxygen atoms in total. The molecule has 0 bridgehead atoms. The second kappa shape index (κ2) is 9.30. The second-order valence-electron chi connectivity index (χ2n) is 7.30. The van der Waals surface area contributed by atoms with Gasteiger partial charge < -0.3 is 15.0 Å². The number of carbonyl (C=O) groups excluding carboxylic acids is 1. The van der Waals surface area contributed by atoms with Crippen molar-refractivity contribution in [2.75, 3.05) is 16.8 Å². The van der Waals surface area contributed by atoms with Crippen molar-refractivity contribution in [2.24, 2.45) is 7.05 Å². The van der Waals surface area contributed by atoms with Crippen LogP contribution in [0.3, 0.4) is 0 Å². The Morgan fingerprint density at radius 2 is 1.84 bits per heavy atom. The average molecular weight is 429 g/mol. The summed E-state index contributed by atoms with van der Waals surface area (Å²) in [6.45, 7) is 0.564. The third-order valence-electron chi connectivity index (χ3n) is 5.17. The van der Waals surface area contributed by atoms with Crippen LogP contribution in [0.15, 0.2) is 72.9 Å². The molecule has 162 valence electrons. The van der Waals surface area contributed by atoms with Gasteiger partial charge in [-0.05, 0) is 42.5 Å². The summed E-state index contributed by atoms with van der Waals surface area (Å²) in [7, 11) is 1.94. The molecule has 0 saturated heterocycles. The molecule has 2 N–H and O–H groups in total. The normalized spacial score (nSPS) is 10.8. The molecule has 0 unspecified atom stereocenters. The lowest BCUT2D eigenvalue weighted by Gasteiger charge is -2.21. The van der Waals surface area contributed by atoms with Crippen molar-refractivity contribution in [1.82, 2.24) is 14.5 Å². The fraction of sp³-hybridized carbons (Fsp3) is 0.167. The van der Waals surface area contributed by atoms with Crippen LogP contribution in [0.4, 0.5) is 11.5 Å². The first kappa shape index (κ1) is 21.0. The van der Waals surface area contributed by atoms with Crippen LogP contribution in [0.5, 0.6) is 0 Å². The third-order valence-corrected chi connectivity index (χ3v) is 5.17. The van der Waals surface area contributed by atoms with Crippen LogP contribution < -0.4 is 10.2 Å². The van der Waals surface area contributed by atoms with Gasteiger partial charge in [-0.3, -0.25) is 14.5 Å². The molecule has 0 radical (unpaired) electrons. The molecular formula is C24H23N5O3. The number of rotatable bonds is 8. The van der Waals surface area contributed by atoms with Crippen molar-refractivity contribution in [3.63, 3.8) is 0 Å². The standard InChI is InChI=1S/C24H23N5O3/c1-28-20-11-10-17(15-19(20)27-22(28)16-26-18-7-3-2-4-8-18)24(32)29(14-12-23(30)31)21-9-5-6-13-25-21/h2-11,13,15,26H,12,14,16H2,1H3,(H,30,31). The number of benzene rings is 2. The van der Waals surface area contributed by atoms with E-state index in [9.17, 15) is 9.59 Å². The van der Waals surface area contributed by atoms with Crippen LogP contribution in [0, 0.1) is 0 Å². The number of para-hydroxylation sites is 1. The first-order valence-corrected chi connectivity index (χ1v) is 10.2. The number of hydrogen-bond donors (Lipinski definition) is 2. The minimum absolute atomic E-state index is 0.0255. The molecule has 0 aliphatic rings. The second-order valence-corrected chi connectivity index (χ2v) is 7.30. The SMILES string of the molecule is Cn1c(CNc2ccccc2)nc2cc(C(=O)N(CCC(=O)O)c3ccccn3)ccc21. The summed E-state index contributed by atoms with van der Waals surface area (Å²) >= 11 is 0. The topological polar surface area (TPSA) is 100 Å². The quantitative estimate of drug-likeness (QED) is 0.443. The van der Waals surface area contributed by atoms with Crippen LogP contribution in [0.25, 0.3) is 11.0 Å². The van der Waals surface area contributed by atoms with Gasteiger partial charge in [-0.15, -0.1) is 0 Å². The number of aryl methyl sites for hydroxylation is 1. The third kappa shape index (κ3) is 4.59. The molecule has 0 spiro atoms. The lowest BCUT2D eigenvalue weighted by atomic mass is 10.1. The zero-order valence-electron chi connectivity index (χ0n) is 17.6. The van der Waals surface area contributed by atoms with Gasteiger partial charge in [-0.25, -0.2) is 9.97 Å². The highest BCUT2D eigenvalue weighted by molar-refractivity contribution is 6.07. The number of aliphatic carboxylic acids is 1. The Morgan fingerprint density at radius 3 is 2.56 bits per heavy atom. The van der Waals surface area contributed by atoms with Crippen LogP contribution in [0.1, 0.15) is 22.6 Å². The summed E-state index contributed by atoms with van der Waals surface area (Å²) in [5.41, 5.74) is 3.03. The van der Waals surface area contributed by atoms with E-state index in [0.717, 1.165) is 17.0 Å². The molecule has 32 heavy (non-hydrogen) atoms. The van der Waals surface area contributed by atoms with Crippen molar-refractivity contribution in [3.05, 3.63) is 84.3 Å². The number of pyridine rings is 1. The summed E-state index contributed by atoms with van der Waals surface area (Å²) in [5.74, 6) is -0.0514. The summed E-state index contributed by atoms with van der Waals surface area (Å²) in [6, 6.07) is 20.4. The number of fused-ring (bicyclic) bond motifs is 1. The van der Waals surface area contributed by atoms with E-state index in [1.807, 2.05) is 48.0 Å². The number of hydrogen-bond acceptors (Lipinski definition) is 5. The van der Waals surface area contributed by atoms with Gasteiger partial charge in [-0.1, -0.05) is 24.3 Å². The number of carboxylic acids is 1. The Bertz CT molecular complexity index is 1240. The van der Waals surface area contributed by atoms with E-state index in [2.05, 4.69) is 10.3 Å². The number of imidazole rings is 1. The fourth-order valence-corrected chi connectivity index (χ4v) is 3.47. The summed E-state index contributed by atoms with van der Waals surface area (Å²) in [6.07, 6.45) is 1.40. The highest BCUT2D eigenvalue weighted by Crippen LogP contribution is 2.21. The Labute approximate surface area is 185 Å². The van der Waals surface area contributed by atoms with E-state index < -0.39 is 5.97 Å². The largest absolute Gasteiger partial charge is 0.481 e. The molecule has 0 aliphatic heterocycles. The molecule has 0 saturated carbocycles. The van der Waals surface area contributed by atoms with E-state index in [0.29, 0.717) is 23.4 Å². The number of nitrogens with one attached hydrogen (secondary N) is 1. The number of carbonyl (C=O) groups is 2. The van der Waals surface area contributed by atoms with E-state index in [4.69, 9.17) is 10.1 Å². The molecule has 0 aliphatic carbocycles. The zero-order chi connectivity index (χ0) is 22.5. The van der Waals surface area contributed by atoms with Gasteiger partial charge in [0.1, 0.15) is 11.6 Å². The monoisotopic (exact) mass is 429 g/mol. The van der Waals surface area contributed by atoms with Gasteiger partial charge >= 0.3 is 5.97 Å². The Hall–Kier alpha value is -4.20. The van der Waals surface area contributed by atoms with Crippen molar-refractivity contribution in [1.29, 1.82) is 0 Å². The molecule has 4 aromatic rings. The van der Waals surface area contributed by atoms with Gasteiger partial charge in [0, 0.05) is 31.0 Å². The number of nitrogens with zero attached hydrogens (tertiary/aromatic N) is 4. The maximum atomic E-state index is 13.3. The summed E-state index contributed by atoms with van der Waals surface area (Å²) < 4.78 is 1.99. The van der Waals surface area contributed by atoms with Crippen LogP contribution in [-0.4, -0.2) is 38.1 Å². The van der Waals surface area contributed by atoms with E-state index in [1.165, 1.54) is 4.90 Å². The smallest absolute Gasteiger partial charge is 0.305 e. The Kier molecular flexibility index (Phi) is 6.12. The van der Waals surface area contributed by atoms with Gasteiger partial charge in [0.15, 0.2) is 0 Å². The van der Waals surface area contributed by atoms with Gasteiger partial charge in [0.25, 0.3) is 5.91 Å². The molecule has 4 rings (SSSR count). The lowest BCUT2D eigenvalue weighted by molar-refractivity contribution is -0.136. The van der Waals surface area contributed by atoms with E-state index >= 15 is 0 Å². The Morgan fingerprint density at radius 1 is 1.06 bits per heavy atom. The van der Waals surface area contributed by atoms with Gasteiger partial charge in [-0.2, -0.15) is 0 Å². The van der Waals surface area contributed by atoms with Crippen molar-refractivity contribution >= 4 is 34.4 Å². The molecule has 1 amide bonds. The zero-order valence-corrected chi connectivity index (χ0v) is 17.6. The summed E-state index contributed by atoms with van der Waals surface area (Å²) in [5, 5.41) is 12.4. The number of anilines is 2. The molecule has 2 aromatic carbocycles. The highest BCUT2D eigenvalue weighted by atomic mass is 16.4. The molecule has 8 heteroatoms. The maximum absolute atomic E-state index is 13.3. The van der Waals surface area contributed by atoms with Crippen LogP contribution in [-0.2, 0) is 18.4 Å². The van der Waals surface area contributed by atoms with Gasteiger partial charge in [0.2, 0.25) is 0 Å². The van der Waals surface area contributed by atoms with Gasteiger partial charge in [0.05, 0.1) is 24.0 Å². The lowest BCUT2D eigenvalue weighted by Crippen LogP contribution is -2.33. The summed E-state index contributed by atoms with van der Waals surface area (Å²) in [4.78, 5) is 34.6. The molecule has 0 fully saturated rings. The number of carboxylic acid groups (broad SMARTS) is 1.